The van der Waals surface area contributed by atoms with Crippen molar-refractivity contribution >= 4 is 33.6 Å². The van der Waals surface area contributed by atoms with Crippen LogP contribution in [0.5, 0.6) is 5.75 Å². The number of pyridine rings is 1. The van der Waals surface area contributed by atoms with Gasteiger partial charge in [0.05, 0.1) is 24.9 Å². The lowest BCUT2D eigenvalue weighted by Crippen LogP contribution is -2.25. The van der Waals surface area contributed by atoms with Crippen LogP contribution in [0.15, 0.2) is 53.3 Å². The van der Waals surface area contributed by atoms with E-state index >= 15 is 0 Å². The minimum absolute atomic E-state index is 0.0850. The van der Waals surface area contributed by atoms with Crippen molar-refractivity contribution in [3.05, 3.63) is 70.5 Å². The molecule has 1 aromatic carbocycles. The Kier molecular flexibility index (Phi) is 6.78. The first-order valence-corrected chi connectivity index (χ1v) is 9.76. The second-order valence-electron chi connectivity index (χ2n) is 6.42. The highest BCUT2D eigenvalue weighted by Gasteiger charge is 2.19. The van der Waals surface area contributed by atoms with E-state index in [1.807, 2.05) is 18.2 Å². The number of carbonyl (C=O) groups excluding carboxylic acids is 2. The van der Waals surface area contributed by atoms with E-state index < -0.39 is 12.0 Å². The van der Waals surface area contributed by atoms with Gasteiger partial charge < -0.3 is 15.4 Å². The smallest absolute Gasteiger partial charge is 0.339 e. The molecule has 0 bridgehead atoms. The van der Waals surface area contributed by atoms with Crippen molar-refractivity contribution < 1.29 is 18.7 Å². The van der Waals surface area contributed by atoms with Crippen molar-refractivity contribution in [1.82, 2.24) is 14.8 Å². The topological polar surface area (TPSA) is 103 Å². The lowest BCUT2D eigenvalue weighted by Gasteiger charge is -2.16. The molecule has 3 aromatic rings. The summed E-state index contributed by atoms with van der Waals surface area (Å²) in [6, 6.07) is 9.56. The third-order valence-corrected chi connectivity index (χ3v) is 4.74. The number of nitrogens with two attached hydrogens (primary N) is 1. The summed E-state index contributed by atoms with van der Waals surface area (Å²) >= 11 is 3.37. The first kappa shape index (κ1) is 21.4. The van der Waals surface area contributed by atoms with Gasteiger partial charge in [0, 0.05) is 29.8 Å². The van der Waals surface area contributed by atoms with Crippen LogP contribution in [0.25, 0.3) is 0 Å². The van der Waals surface area contributed by atoms with Gasteiger partial charge >= 0.3 is 6.03 Å². The number of carbonyl (C=O) groups is 2. The molecule has 0 radical (unpaired) electrons. The van der Waals surface area contributed by atoms with E-state index in [9.17, 15) is 14.0 Å². The number of hydrogen-bond acceptors (Lipinski definition) is 5. The van der Waals surface area contributed by atoms with Gasteiger partial charge in [0.2, 0.25) is 11.9 Å². The number of amides is 2. The summed E-state index contributed by atoms with van der Waals surface area (Å²) in [4.78, 5) is 27.6. The molecule has 2 amide bonds. The van der Waals surface area contributed by atoms with Gasteiger partial charge in [0.25, 0.3) is 0 Å². The van der Waals surface area contributed by atoms with Crippen LogP contribution in [-0.2, 0) is 11.2 Å². The number of fused-ring (bicyclic) bond motifs is 1. The number of hydrogen-bond donors (Lipinski definition) is 1. The van der Waals surface area contributed by atoms with E-state index in [0.717, 1.165) is 26.2 Å². The monoisotopic (exact) mass is 475 g/mol. The minimum atomic E-state index is -0.654. The first-order valence-electron chi connectivity index (χ1n) is 8.97. The number of anilines is 1. The Hall–Kier alpha value is -3.27. The summed E-state index contributed by atoms with van der Waals surface area (Å²) in [5, 5.41) is 3.75. The fourth-order valence-corrected chi connectivity index (χ4v) is 3.10. The molecule has 0 fully saturated rings. The second-order valence-corrected chi connectivity index (χ2v) is 7.34. The van der Waals surface area contributed by atoms with Crippen molar-refractivity contribution in [2.75, 3.05) is 18.6 Å². The Morgan fingerprint density at radius 1 is 1.33 bits per heavy atom. The maximum absolute atomic E-state index is 12.8. The Bertz CT molecular complexity index is 1070. The highest BCUT2D eigenvalue weighted by atomic mass is 79.9. The molecule has 0 unspecified atom stereocenters. The van der Waals surface area contributed by atoms with Crippen LogP contribution < -0.4 is 15.4 Å². The summed E-state index contributed by atoms with van der Waals surface area (Å²) in [5.41, 5.74) is 7.17. The first-order chi connectivity index (χ1) is 14.3. The fourth-order valence-electron chi connectivity index (χ4n) is 2.75. The van der Waals surface area contributed by atoms with Crippen LogP contribution in [-0.4, -0.2) is 40.4 Å². The van der Waals surface area contributed by atoms with E-state index in [0.29, 0.717) is 25.1 Å². The molecule has 3 heterocycles. The zero-order valence-corrected chi connectivity index (χ0v) is 17.7. The van der Waals surface area contributed by atoms with E-state index in [-0.39, 0.29) is 5.91 Å². The number of primary amides is 1. The second kappa shape index (κ2) is 9.49. The molecule has 8 nitrogen and oxygen atoms in total. The molecule has 0 saturated heterocycles. The van der Waals surface area contributed by atoms with E-state index in [1.54, 1.807) is 24.1 Å². The van der Waals surface area contributed by atoms with Crippen LogP contribution in [0.2, 0.25) is 0 Å². The molecule has 10 heteroatoms. The summed E-state index contributed by atoms with van der Waals surface area (Å²) in [6.45, 7) is 0.456. The van der Waals surface area contributed by atoms with E-state index in [2.05, 4.69) is 26.0 Å². The van der Waals surface area contributed by atoms with E-state index in [4.69, 9.17) is 10.5 Å². The molecule has 2 aromatic heterocycles. The fraction of sp³-hybridized carbons (Fsp3) is 0.200. The predicted octanol–water partition coefficient (Wildman–Crippen LogP) is 3.13. The molecular formula is C20H19BrFN5O3. The van der Waals surface area contributed by atoms with Gasteiger partial charge in [0.1, 0.15) is 5.75 Å². The molecule has 0 aliphatic carbocycles. The van der Waals surface area contributed by atoms with Crippen LogP contribution in [0.3, 0.4) is 0 Å². The summed E-state index contributed by atoms with van der Waals surface area (Å²) in [6.07, 6.45) is 3.83. The lowest BCUT2D eigenvalue weighted by molar-refractivity contribution is -0.118. The predicted molar refractivity (Wildman–Crippen MR) is 112 cm³/mol. The number of ether oxygens (including phenoxy) is 1. The number of benzene rings is 1. The summed E-state index contributed by atoms with van der Waals surface area (Å²) in [7, 11) is 1.77. The quantitative estimate of drug-likeness (QED) is 0.573. The van der Waals surface area contributed by atoms with Gasteiger partial charge in [-0.05, 0) is 35.9 Å². The van der Waals surface area contributed by atoms with Crippen LogP contribution >= 0.6 is 15.9 Å². The van der Waals surface area contributed by atoms with Gasteiger partial charge in [-0.3, -0.25) is 4.79 Å². The standard InChI is InChI=1S/C10H10BrNO2.C10H9FN4O/c1-12-8-6-7(11)2-3-9(8)14-5-4-10(12)13;11-9-3-1-2-8(14-9)4-7-5-13-15(6-7)10(12)16/h2-3,6H,4-5H2,1H3;1-3,5-6H,4H2,(H2,12,16). The SMILES string of the molecule is CN1C(=O)CCOc2ccc(Br)cc21.NC(=O)n1cc(Cc2cccc(F)n2)cn1. The third-order valence-electron chi connectivity index (χ3n) is 4.25. The number of rotatable bonds is 2. The molecule has 0 atom stereocenters. The minimum Gasteiger partial charge on any atom is -0.491 e. The van der Waals surface area contributed by atoms with Crippen molar-refractivity contribution in [3.63, 3.8) is 0 Å². The van der Waals surface area contributed by atoms with Crippen LogP contribution in [0.1, 0.15) is 17.7 Å². The van der Waals surface area contributed by atoms with Gasteiger partial charge in [-0.1, -0.05) is 22.0 Å². The van der Waals surface area contributed by atoms with Gasteiger partial charge in [0.15, 0.2) is 0 Å². The molecule has 0 spiro atoms. The molecule has 1 aliphatic heterocycles. The maximum atomic E-state index is 12.8. The van der Waals surface area contributed by atoms with Gasteiger partial charge in [-0.25, -0.2) is 9.78 Å². The number of nitrogens with zero attached hydrogens (tertiary/aromatic N) is 4. The van der Waals surface area contributed by atoms with Crippen molar-refractivity contribution in [1.29, 1.82) is 0 Å². The van der Waals surface area contributed by atoms with E-state index in [1.165, 1.54) is 18.5 Å². The Morgan fingerprint density at radius 3 is 2.83 bits per heavy atom. The molecule has 2 N–H and O–H groups in total. The van der Waals surface area contributed by atoms with Crippen molar-refractivity contribution in [2.24, 2.45) is 5.73 Å². The summed E-state index contributed by atoms with van der Waals surface area (Å²) < 4.78 is 20.2. The average Bonchev–Trinajstić information content (AvgIpc) is 3.12. The molecule has 0 saturated carbocycles. The maximum Gasteiger partial charge on any atom is 0.339 e. The third kappa shape index (κ3) is 5.41. The van der Waals surface area contributed by atoms with Crippen molar-refractivity contribution in [3.8, 4) is 5.75 Å². The van der Waals surface area contributed by atoms with Gasteiger partial charge in [-0.15, -0.1) is 0 Å². The highest BCUT2D eigenvalue weighted by Crippen LogP contribution is 2.32. The number of halogens is 2. The molecular weight excluding hydrogens is 457 g/mol. The normalized spacial score (nSPS) is 12.9. The Balaban J connectivity index is 0.000000172. The average molecular weight is 476 g/mol. The largest absolute Gasteiger partial charge is 0.491 e. The van der Waals surface area contributed by atoms with Crippen molar-refractivity contribution in [2.45, 2.75) is 12.8 Å². The van der Waals surface area contributed by atoms with Crippen LogP contribution in [0.4, 0.5) is 14.9 Å². The zero-order valence-electron chi connectivity index (χ0n) is 16.1. The number of aromatic nitrogens is 3. The lowest BCUT2D eigenvalue weighted by atomic mass is 10.2. The van der Waals surface area contributed by atoms with Gasteiger partial charge in [-0.2, -0.15) is 14.2 Å². The van der Waals surface area contributed by atoms with Crippen LogP contribution in [0, 0.1) is 5.95 Å². The summed E-state index contributed by atoms with van der Waals surface area (Å²) in [5.74, 6) is 0.322. The highest BCUT2D eigenvalue weighted by molar-refractivity contribution is 9.10. The Labute approximate surface area is 180 Å². The zero-order chi connectivity index (χ0) is 21.7. The molecule has 1 aliphatic rings. The molecule has 30 heavy (non-hydrogen) atoms. The molecule has 4 rings (SSSR count). The Morgan fingerprint density at radius 2 is 2.13 bits per heavy atom. The molecule has 156 valence electrons.